The van der Waals surface area contributed by atoms with Gasteiger partial charge in [0.05, 0.1) is 13.0 Å². The number of nitrogens with zero attached hydrogens (tertiary/aromatic N) is 1. The fourth-order valence-corrected chi connectivity index (χ4v) is 3.19. The third-order valence-electron chi connectivity index (χ3n) is 4.47. The van der Waals surface area contributed by atoms with Crippen molar-refractivity contribution in [2.45, 2.75) is 32.9 Å². The molecule has 27 heavy (non-hydrogen) atoms. The molecule has 1 N–H and O–H groups in total. The van der Waals surface area contributed by atoms with Crippen molar-refractivity contribution in [3.8, 4) is 0 Å². The van der Waals surface area contributed by atoms with Gasteiger partial charge in [0.15, 0.2) is 0 Å². The quantitative estimate of drug-likeness (QED) is 0.601. The van der Waals surface area contributed by atoms with Gasteiger partial charge in [0.2, 0.25) is 0 Å². The van der Waals surface area contributed by atoms with E-state index in [-0.39, 0.29) is 6.42 Å². The zero-order valence-electron chi connectivity index (χ0n) is 15.6. The summed E-state index contributed by atoms with van der Waals surface area (Å²) in [7, 11) is 0. The Morgan fingerprint density at radius 2 is 1.67 bits per heavy atom. The molecule has 3 aromatic rings. The molecule has 0 saturated heterocycles. The minimum atomic E-state index is -0.784. The van der Waals surface area contributed by atoms with Gasteiger partial charge >= 0.3 is 5.97 Å². The van der Waals surface area contributed by atoms with E-state index in [1.165, 1.54) is 16.7 Å². The van der Waals surface area contributed by atoms with Crippen molar-refractivity contribution in [3.05, 3.63) is 94.9 Å². The second-order valence-corrected chi connectivity index (χ2v) is 6.85. The molecule has 0 aliphatic carbocycles. The number of hydrogen-bond acceptors (Lipinski definition) is 3. The average molecular weight is 363 g/mol. The van der Waals surface area contributed by atoms with Crippen LogP contribution in [0.25, 0.3) is 0 Å². The molecule has 3 rings (SSSR count). The van der Waals surface area contributed by atoms with Gasteiger partial charge in [-0.3, -0.25) is 9.69 Å². The normalized spacial score (nSPS) is 11.0. The predicted octanol–water partition coefficient (Wildman–Crippen LogP) is 4.66. The maximum Gasteiger partial charge on any atom is 0.304 e. The fraction of sp³-hybridized carbons (Fsp3) is 0.261. The summed E-state index contributed by atoms with van der Waals surface area (Å²) in [5.74, 6) is 0.944. The van der Waals surface area contributed by atoms with Crippen molar-refractivity contribution in [2.24, 2.45) is 0 Å². The van der Waals surface area contributed by atoms with Crippen molar-refractivity contribution in [1.29, 1.82) is 0 Å². The van der Waals surface area contributed by atoms with Crippen LogP contribution in [0.5, 0.6) is 0 Å². The molecule has 1 aromatic heterocycles. The van der Waals surface area contributed by atoms with Crippen LogP contribution in [0.3, 0.4) is 0 Å². The largest absolute Gasteiger partial charge is 0.481 e. The van der Waals surface area contributed by atoms with E-state index in [0.717, 1.165) is 17.9 Å². The monoisotopic (exact) mass is 363 g/mol. The molecular formula is C23H25NO3. The number of aliphatic carboxylic acids is 1. The Hall–Kier alpha value is -2.85. The van der Waals surface area contributed by atoms with Gasteiger partial charge < -0.3 is 9.52 Å². The van der Waals surface area contributed by atoms with E-state index in [1.54, 1.807) is 0 Å². The highest BCUT2D eigenvalue weighted by Crippen LogP contribution is 2.16. The number of carboxylic acids is 1. The van der Waals surface area contributed by atoms with E-state index in [4.69, 9.17) is 9.52 Å². The van der Waals surface area contributed by atoms with Crippen LogP contribution in [0, 0.1) is 6.92 Å². The lowest BCUT2D eigenvalue weighted by atomic mass is 10.0. The molecule has 4 nitrogen and oxygen atoms in total. The molecule has 0 fully saturated rings. The third-order valence-corrected chi connectivity index (χ3v) is 4.47. The van der Waals surface area contributed by atoms with Crippen LogP contribution in [-0.4, -0.2) is 22.5 Å². The minimum Gasteiger partial charge on any atom is -0.481 e. The van der Waals surface area contributed by atoms with E-state index in [2.05, 4.69) is 53.4 Å². The lowest BCUT2D eigenvalue weighted by molar-refractivity contribution is -0.137. The second kappa shape index (κ2) is 9.19. The third kappa shape index (κ3) is 6.12. The molecule has 1 heterocycles. The summed E-state index contributed by atoms with van der Waals surface area (Å²) in [6.45, 7) is 3.69. The van der Waals surface area contributed by atoms with Gasteiger partial charge in [-0.25, -0.2) is 0 Å². The fourth-order valence-electron chi connectivity index (χ4n) is 3.19. The highest BCUT2D eigenvalue weighted by Gasteiger charge is 2.12. The molecule has 0 atom stereocenters. The number of rotatable bonds is 9. The second-order valence-electron chi connectivity index (χ2n) is 6.85. The topological polar surface area (TPSA) is 53.7 Å². The molecule has 0 aliphatic rings. The SMILES string of the molecule is Cc1ccc(CN(CCC(=O)O)Cc2cccc(Cc3ccccc3)c2)o1. The lowest BCUT2D eigenvalue weighted by Crippen LogP contribution is -2.25. The van der Waals surface area contributed by atoms with Gasteiger partial charge in [-0.05, 0) is 42.2 Å². The smallest absolute Gasteiger partial charge is 0.304 e. The summed E-state index contributed by atoms with van der Waals surface area (Å²) in [5, 5.41) is 9.06. The van der Waals surface area contributed by atoms with E-state index < -0.39 is 5.97 Å². The van der Waals surface area contributed by atoms with E-state index in [0.29, 0.717) is 19.6 Å². The number of benzene rings is 2. The van der Waals surface area contributed by atoms with E-state index in [1.807, 2.05) is 25.1 Å². The number of carboxylic acid groups (broad SMARTS) is 1. The molecule has 0 amide bonds. The summed E-state index contributed by atoms with van der Waals surface area (Å²) < 4.78 is 5.67. The Labute approximate surface area is 160 Å². The summed E-state index contributed by atoms with van der Waals surface area (Å²) >= 11 is 0. The highest BCUT2D eigenvalue weighted by atomic mass is 16.4. The highest BCUT2D eigenvalue weighted by molar-refractivity contribution is 5.66. The van der Waals surface area contributed by atoms with Gasteiger partial charge in [0, 0.05) is 13.1 Å². The summed E-state index contributed by atoms with van der Waals surface area (Å²) in [5.41, 5.74) is 3.71. The Bertz CT molecular complexity index is 870. The molecular weight excluding hydrogens is 338 g/mol. The van der Waals surface area contributed by atoms with Crippen LogP contribution in [0.2, 0.25) is 0 Å². The summed E-state index contributed by atoms with van der Waals surface area (Å²) in [6, 6.07) is 22.8. The first-order chi connectivity index (χ1) is 13.1. The molecule has 0 saturated carbocycles. The van der Waals surface area contributed by atoms with Crippen LogP contribution >= 0.6 is 0 Å². The number of furan rings is 1. The maximum atomic E-state index is 11.0. The average Bonchev–Trinajstić information content (AvgIpc) is 3.06. The van der Waals surface area contributed by atoms with E-state index >= 15 is 0 Å². The maximum absolute atomic E-state index is 11.0. The Balaban J connectivity index is 1.70. The summed E-state index contributed by atoms with van der Waals surface area (Å²) in [6.07, 6.45) is 1.00. The van der Waals surface area contributed by atoms with Crippen LogP contribution in [0.4, 0.5) is 0 Å². The van der Waals surface area contributed by atoms with Crippen molar-refractivity contribution in [2.75, 3.05) is 6.54 Å². The predicted molar refractivity (Wildman–Crippen MR) is 106 cm³/mol. The molecule has 0 radical (unpaired) electrons. The van der Waals surface area contributed by atoms with Crippen LogP contribution in [-0.2, 0) is 24.3 Å². The Morgan fingerprint density at radius 3 is 2.37 bits per heavy atom. The van der Waals surface area contributed by atoms with Gasteiger partial charge in [-0.2, -0.15) is 0 Å². The minimum absolute atomic E-state index is 0.114. The Kier molecular flexibility index (Phi) is 6.44. The zero-order chi connectivity index (χ0) is 19.1. The molecule has 0 spiro atoms. The van der Waals surface area contributed by atoms with Crippen molar-refractivity contribution < 1.29 is 14.3 Å². The van der Waals surface area contributed by atoms with Gasteiger partial charge in [-0.15, -0.1) is 0 Å². The van der Waals surface area contributed by atoms with Crippen molar-refractivity contribution in [1.82, 2.24) is 4.90 Å². The van der Waals surface area contributed by atoms with Gasteiger partial charge in [0.1, 0.15) is 11.5 Å². The van der Waals surface area contributed by atoms with Crippen LogP contribution in [0.15, 0.2) is 71.1 Å². The zero-order valence-corrected chi connectivity index (χ0v) is 15.6. The molecule has 0 unspecified atom stereocenters. The number of hydrogen-bond donors (Lipinski definition) is 1. The van der Waals surface area contributed by atoms with Crippen LogP contribution < -0.4 is 0 Å². The van der Waals surface area contributed by atoms with Gasteiger partial charge in [0.25, 0.3) is 0 Å². The molecule has 0 aliphatic heterocycles. The first-order valence-corrected chi connectivity index (χ1v) is 9.20. The number of carbonyl (C=O) groups is 1. The van der Waals surface area contributed by atoms with Crippen LogP contribution in [0.1, 0.15) is 34.6 Å². The van der Waals surface area contributed by atoms with Crippen molar-refractivity contribution in [3.63, 3.8) is 0 Å². The van der Waals surface area contributed by atoms with Crippen molar-refractivity contribution >= 4 is 5.97 Å². The Morgan fingerprint density at radius 1 is 0.926 bits per heavy atom. The molecule has 140 valence electrons. The standard InChI is InChI=1S/C23H25NO3/c1-18-10-11-22(27-18)17-24(13-12-23(25)26)16-21-9-5-8-20(15-21)14-19-6-3-2-4-7-19/h2-11,15H,12-14,16-17H2,1H3,(H,25,26). The van der Waals surface area contributed by atoms with E-state index in [9.17, 15) is 4.79 Å². The first kappa shape index (κ1) is 18.9. The lowest BCUT2D eigenvalue weighted by Gasteiger charge is -2.21. The first-order valence-electron chi connectivity index (χ1n) is 9.20. The molecule has 4 heteroatoms. The van der Waals surface area contributed by atoms with Gasteiger partial charge in [-0.1, -0.05) is 54.6 Å². The molecule has 2 aromatic carbocycles. The molecule has 0 bridgehead atoms. The summed E-state index contributed by atoms with van der Waals surface area (Å²) in [4.78, 5) is 13.1. The number of aryl methyl sites for hydroxylation is 1.